The van der Waals surface area contributed by atoms with Crippen molar-refractivity contribution in [2.24, 2.45) is 0 Å². The van der Waals surface area contributed by atoms with Crippen LogP contribution in [0.5, 0.6) is 0 Å². The molecule has 2 rings (SSSR count). The molecule has 2 aromatic rings. The van der Waals surface area contributed by atoms with Crippen LogP contribution in [0.25, 0.3) is 0 Å². The molecule has 0 radical (unpaired) electrons. The van der Waals surface area contributed by atoms with Crippen LogP contribution in [-0.2, 0) is 12.8 Å². The van der Waals surface area contributed by atoms with E-state index in [-0.39, 0.29) is 0 Å². The monoisotopic (exact) mass is 273 g/mol. The van der Waals surface area contributed by atoms with Gasteiger partial charge in [-0.3, -0.25) is 0 Å². The van der Waals surface area contributed by atoms with Crippen molar-refractivity contribution < 1.29 is 0 Å². The van der Waals surface area contributed by atoms with Crippen molar-refractivity contribution in [2.75, 3.05) is 6.54 Å². The molecule has 1 aromatic carbocycles. The molecule has 1 N–H and O–H groups in total. The van der Waals surface area contributed by atoms with Gasteiger partial charge in [-0.25, -0.2) is 0 Å². The Kier molecular flexibility index (Phi) is 5.62. The normalized spacial score (nSPS) is 12.5. The third kappa shape index (κ3) is 4.48. The molecule has 2 heteroatoms. The number of rotatable bonds is 7. The molecule has 0 aliphatic rings. The summed E-state index contributed by atoms with van der Waals surface area (Å²) >= 11 is 1.86. The van der Waals surface area contributed by atoms with Gasteiger partial charge in [0.1, 0.15) is 0 Å². The summed E-state index contributed by atoms with van der Waals surface area (Å²) in [5, 5.41) is 5.79. The van der Waals surface area contributed by atoms with Crippen molar-refractivity contribution in [3.63, 3.8) is 0 Å². The molecule has 0 saturated heterocycles. The molecule has 0 saturated carbocycles. The fraction of sp³-hybridized carbons (Fsp3) is 0.412. The van der Waals surface area contributed by atoms with Crippen molar-refractivity contribution in [1.29, 1.82) is 0 Å². The summed E-state index contributed by atoms with van der Waals surface area (Å²) in [6.07, 6.45) is 3.52. The zero-order valence-electron chi connectivity index (χ0n) is 11.9. The first kappa shape index (κ1) is 14.3. The Balaban J connectivity index is 1.94. The van der Waals surface area contributed by atoms with E-state index in [1.54, 1.807) is 0 Å². The summed E-state index contributed by atoms with van der Waals surface area (Å²) in [7, 11) is 0. The quantitative estimate of drug-likeness (QED) is 0.797. The van der Waals surface area contributed by atoms with Crippen molar-refractivity contribution in [2.45, 2.75) is 39.2 Å². The highest BCUT2D eigenvalue weighted by Gasteiger charge is 2.10. The number of nitrogens with one attached hydrogen (secondary N) is 1. The fourth-order valence-corrected chi connectivity index (χ4v) is 3.17. The number of thiophene rings is 1. The number of hydrogen-bond donors (Lipinski definition) is 1. The highest BCUT2D eigenvalue weighted by Crippen LogP contribution is 2.16. The van der Waals surface area contributed by atoms with Crippen LogP contribution in [0.15, 0.2) is 41.8 Å². The van der Waals surface area contributed by atoms with Gasteiger partial charge in [0.2, 0.25) is 0 Å². The van der Waals surface area contributed by atoms with Crippen LogP contribution < -0.4 is 5.32 Å². The fourth-order valence-electron chi connectivity index (χ4n) is 2.44. The van der Waals surface area contributed by atoms with Crippen LogP contribution in [0.2, 0.25) is 0 Å². The minimum atomic E-state index is 0.577. The molecule has 0 fully saturated rings. The van der Waals surface area contributed by atoms with Gasteiger partial charge in [0.25, 0.3) is 0 Å². The molecule has 1 heterocycles. The molecule has 0 amide bonds. The van der Waals surface area contributed by atoms with Gasteiger partial charge in [-0.1, -0.05) is 37.3 Å². The van der Waals surface area contributed by atoms with Crippen molar-refractivity contribution in [3.05, 3.63) is 57.8 Å². The third-order valence-electron chi connectivity index (χ3n) is 3.54. The largest absolute Gasteiger partial charge is 0.314 e. The van der Waals surface area contributed by atoms with E-state index in [1.165, 1.54) is 28.8 Å². The van der Waals surface area contributed by atoms with E-state index in [9.17, 15) is 0 Å². The maximum Gasteiger partial charge on any atom is 0.0111 e. The summed E-state index contributed by atoms with van der Waals surface area (Å²) < 4.78 is 0. The third-order valence-corrected chi connectivity index (χ3v) is 4.48. The van der Waals surface area contributed by atoms with Crippen LogP contribution in [0.1, 0.15) is 29.3 Å². The lowest BCUT2D eigenvalue weighted by atomic mass is 9.98. The molecular weight excluding hydrogens is 250 g/mol. The Labute approximate surface area is 120 Å². The Bertz CT molecular complexity index is 476. The first-order valence-corrected chi connectivity index (χ1v) is 7.98. The lowest BCUT2D eigenvalue weighted by Crippen LogP contribution is -2.31. The average Bonchev–Trinajstić information content (AvgIpc) is 2.92. The van der Waals surface area contributed by atoms with Crippen LogP contribution in [0.3, 0.4) is 0 Å². The molecule has 0 bridgehead atoms. The van der Waals surface area contributed by atoms with Gasteiger partial charge in [-0.15, -0.1) is 11.3 Å². The molecule has 102 valence electrons. The van der Waals surface area contributed by atoms with Gasteiger partial charge in [0.15, 0.2) is 0 Å². The second-order valence-corrected chi connectivity index (χ2v) is 6.04. The summed E-state index contributed by atoms with van der Waals surface area (Å²) in [5.74, 6) is 0. The Hall–Kier alpha value is -1.12. The van der Waals surface area contributed by atoms with Gasteiger partial charge in [0, 0.05) is 10.9 Å². The molecule has 19 heavy (non-hydrogen) atoms. The molecule has 1 nitrogen and oxygen atoms in total. The molecule has 1 unspecified atom stereocenters. The Morgan fingerprint density at radius 2 is 2.00 bits per heavy atom. The molecule has 1 atom stereocenters. The second-order valence-electron chi connectivity index (χ2n) is 5.00. The molecule has 0 spiro atoms. The van der Waals surface area contributed by atoms with Crippen LogP contribution >= 0.6 is 11.3 Å². The van der Waals surface area contributed by atoms with E-state index in [2.05, 4.69) is 60.9 Å². The first-order valence-electron chi connectivity index (χ1n) is 7.10. The topological polar surface area (TPSA) is 12.0 Å². The van der Waals surface area contributed by atoms with Crippen LogP contribution in [0, 0.1) is 6.92 Å². The zero-order chi connectivity index (χ0) is 13.5. The van der Waals surface area contributed by atoms with Crippen molar-refractivity contribution in [3.8, 4) is 0 Å². The predicted molar refractivity (Wildman–Crippen MR) is 85.0 cm³/mol. The summed E-state index contributed by atoms with van der Waals surface area (Å²) in [6.45, 7) is 5.44. The number of hydrogen-bond acceptors (Lipinski definition) is 2. The zero-order valence-corrected chi connectivity index (χ0v) is 12.7. The Morgan fingerprint density at radius 1 is 1.16 bits per heavy atom. The number of benzene rings is 1. The Morgan fingerprint density at radius 3 is 2.68 bits per heavy atom. The SMILES string of the molecule is CCNC(CCc1cccs1)Cc1ccccc1C. The average molecular weight is 273 g/mol. The standard InChI is InChI=1S/C17H23NS/c1-3-18-16(10-11-17-9-6-12-19-17)13-15-8-5-4-7-14(15)2/h4-9,12,16,18H,3,10-11,13H2,1-2H3. The molecule has 1 aromatic heterocycles. The molecule has 0 aliphatic carbocycles. The summed E-state index contributed by atoms with van der Waals surface area (Å²) in [4.78, 5) is 1.49. The summed E-state index contributed by atoms with van der Waals surface area (Å²) in [6, 6.07) is 13.7. The maximum absolute atomic E-state index is 3.63. The van der Waals surface area contributed by atoms with Crippen molar-refractivity contribution >= 4 is 11.3 Å². The lowest BCUT2D eigenvalue weighted by Gasteiger charge is -2.18. The maximum atomic E-state index is 3.63. The van der Waals surface area contributed by atoms with E-state index < -0.39 is 0 Å². The lowest BCUT2D eigenvalue weighted by molar-refractivity contribution is 0.492. The van der Waals surface area contributed by atoms with Crippen LogP contribution in [0.4, 0.5) is 0 Å². The van der Waals surface area contributed by atoms with Gasteiger partial charge < -0.3 is 5.32 Å². The van der Waals surface area contributed by atoms with E-state index in [4.69, 9.17) is 0 Å². The predicted octanol–water partition coefficient (Wildman–Crippen LogP) is 4.21. The smallest absolute Gasteiger partial charge is 0.0111 e. The second kappa shape index (κ2) is 7.46. The summed E-state index contributed by atoms with van der Waals surface area (Å²) in [5.41, 5.74) is 2.88. The van der Waals surface area contributed by atoms with Gasteiger partial charge in [-0.05, 0) is 55.3 Å². The highest BCUT2D eigenvalue weighted by molar-refractivity contribution is 7.09. The van der Waals surface area contributed by atoms with Gasteiger partial charge in [0.05, 0.1) is 0 Å². The number of likely N-dealkylation sites (N-methyl/N-ethyl adjacent to an activating group) is 1. The first-order chi connectivity index (χ1) is 9.29. The molecule has 0 aliphatic heterocycles. The van der Waals surface area contributed by atoms with E-state index in [0.29, 0.717) is 6.04 Å². The van der Waals surface area contributed by atoms with Gasteiger partial charge in [-0.2, -0.15) is 0 Å². The van der Waals surface area contributed by atoms with Crippen molar-refractivity contribution in [1.82, 2.24) is 5.32 Å². The minimum absolute atomic E-state index is 0.577. The number of aryl methyl sites for hydroxylation is 2. The van der Waals surface area contributed by atoms with E-state index in [1.807, 2.05) is 11.3 Å². The van der Waals surface area contributed by atoms with Crippen LogP contribution in [-0.4, -0.2) is 12.6 Å². The van der Waals surface area contributed by atoms with Gasteiger partial charge >= 0.3 is 0 Å². The van der Waals surface area contributed by atoms with E-state index in [0.717, 1.165) is 13.0 Å². The highest BCUT2D eigenvalue weighted by atomic mass is 32.1. The molecular formula is C17H23NS. The van der Waals surface area contributed by atoms with E-state index >= 15 is 0 Å². The minimum Gasteiger partial charge on any atom is -0.314 e.